The first-order valence-electron chi connectivity index (χ1n) is 7.65. The van der Waals surface area contributed by atoms with Gasteiger partial charge >= 0.3 is 0 Å². The molecule has 0 aliphatic heterocycles. The van der Waals surface area contributed by atoms with Gasteiger partial charge < -0.3 is 15.4 Å². The molecule has 5 nitrogen and oxygen atoms in total. The number of ether oxygens (including phenoxy) is 1. The molecule has 1 aromatic heterocycles. The molecular weight excluding hydrogens is 252 g/mol. The fourth-order valence-electron chi connectivity index (χ4n) is 2.00. The quantitative estimate of drug-likeness (QED) is 0.752. The minimum absolute atomic E-state index is 0.401. The van der Waals surface area contributed by atoms with Crippen LogP contribution in [-0.4, -0.2) is 29.2 Å². The number of rotatable bonds is 9. The zero-order valence-corrected chi connectivity index (χ0v) is 13.2. The van der Waals surface area contributed by atoms with Gasteiger partial charge in [-0.3, -0.25) is 0 Å². The highest BCUT2D eigenvalue weighted by Gasteiger charge is 2.19. The van der Waals surface area contributed by atoms with E-state index in [1.54, 1.807) is 0 Å². The SMILES string of the molecule is CCCCN(c1ncnc(OCCC)c1N)C(C)CC. The minimum atomic E-state index is 0.401. The van der Waals surface area contributed by atoms with Crippen LogP contribution in [-0.2, 0) is 0 Å². The van der Waals surface area contributed by atoms with Gasteiger partial charge in [0.1, 0.15) is 12.0 Å². The topological polar surface area (TPSA) is 64.3 Å². The van der Waals surface area contributed by atoms with Gasteiger partial charge in [0.25, 0.3) is 0 Å². The molecule has 2 N–H and O–H groups in total. The Hall–Kier alpha value is -1.52. The van der Waals surface area contributed by atoms with Crippen LogP contribution in [0.5, 0.6) is 5.88 Å². The molecule has 0 radical (unpaired) electrons. The Kier molecular flexibility index (Phi) is 7.12. The van der Waals surface area contributed by atoms with E-state index in [9.17, 15) is 0 Å². The van der Waals surface area contributed by atoms with Crippen molar-refractivity contribution in [3.8, 4) is 5.88 Å². The Morgan fingerprint density at radius 3 is 2.60 bits per heavy atom. The monoisotopic (exact) mass is 280 g/mol. The van der Waals surface area contributed by atoms with Crippen molar-refractivity contribution in [1.82, 2.24) is 9.97 Å². The van der Waals surface area contributed by atoms with Gasteiger partial charge in [0.15, 0.2) is 5.82 Å². The molecule has 0 saturated carbocycles. The fourth-order valence-corrected chi connectivity index (χ4v) is 2.00. The second-order valence-electron chi connectivity index (χ2n) is 5.07. The van der Waals surface area contributed by atoms with Crippen molar-refractivity contribution in [2.75, 3.05) is 23.8 Å². The molecule has 0 aromatic carbocycles. The number of hydrogen-bond acceptors (Lipinski definition) is 5. The average Bonchev–Trinajstić information content (AvgIpc) is 2.47. The minimum Gasteiger partial charge on any atom is -0.476 e. The van der Waals surface area contributed by atoms with Crippen molar-refractivity contribution in [1.29, 1.82) is 0 Å². The number of nitrogens with zero attached hydrogens (tertiary/aromatic N) is 3. The Balaban J connectivity index is 2.99. The van der Waals surface area contributed by atoms with Crippen molar-refractivity contribution in [3.05, 3.63) is 6.33 Å². The fraction of sp³-hybridized carbons (Fsp3) is 0.733. The van der Waals surface area contributed by atoms with Crippen LogP contribution < -0.4 is 15.4 Å². The highest BCUT2D eigenvalue weighted by Crippen LogP contribution is 2.30. The number of unbranched alkanes of at least 4 members (excludes halogenated alkanes) is 1. The van der Waals surface area contributed by atoms with E-state index >= 15 is 0 Å². The summed E-state index contributed by atoms with van der Waals surface area (Å²) in [5, 5.41) is 0. The van der Waals surface area contributed by atoms with E-state index in [1.807, 2.05) is 0 Å². The van der Waals surface area contributed by atoms with Crippen LogP contribution in [0.2, 0.25) is 0 Å². The van der Waals surface area contributed by atoms with E-state index in [2.05, 4.69) is 42.6 Å². The molecule has 114 valence electrons. The first-order valence-corrected chi connectivity index (χ1v) is 7.65. The summed E-state index contributed by atoms with van der Waals surface area (Å²) >= 11 is 0. The number of aromatic nitrogens is 2. The van der Waals surface area contributed by atoms with Crippen LogP contribution in [0.25, 0.3) is 0 Å². The third-order valence-electron chi connectivity index (χ3n) is 3.42. The summed E-state index contributed by atoms with van der Waals surface area (Å²) in [7, 11) is 0. The van der Waals surface area contributed by atoms with Crippen LogP contribution in [0.15, 0.2) is 6.33 Å². The predicted molar refractivity (Wildman–Crippen MR) is 84.2 cm³/mol. The van der Waals surface area contributed by atoms with Crippen LogP contribution >= 0.6 is 0 Å². The van der Waals surface area contributed by atoms with Gasteiger partial charge in [0.05, 0.1) is 6.61 Å². The van der Waals surface area contributed by atoms with Gasteiger partial charge in [-0.15, -0.1) is 0 Å². The molecule has 5 heteroatoms. The van der Waals surface area contributed by atoms with Gasteiger partial charge in [0, 0.05) is 12.6 Å². The molecule has 0 saturated heterocycles. The first-order chi connectivity index (χ1) is 9.65. The van der Waals surface area contributed by atoms with Crippen molar-refractivity contribution in [2.45, 2.75) is 59.4 Å². The van der Waals surface area contributed by atoms with E-state index in [0.717, 1.165) is 38.0 Å². The van der Waals surface area contributed by atoms with Crippen molar-refractivity contribution < 1.29 is 4.74 Å². The molecule has 0 bridgehead atoms. The van der Waals surface area contributed by atoms with E-state index in [0.29, 0.717) is 24.2 Å². The highest BCUT2D eigenvalue weighted by molar-refractivity contribution is 5.68. The molecule has 20 heavy (non-hydrogen) atoms. The normalized spacial score (nSPS) is 12.2. The Bertz CT molecular complexity index is 397. The van der Waals surface area contributed by atoms with Gasteiger partial charge in [-0.05, 0) is 26.2 Å². The average molecular weight is 280 g/mol. The second kappa shape index (κ2) is 8.61. The molecule has 0 spiro atoms. The van der Waals surface area contributed by atoms with Gasteiger partial charge in [-0.1, -0.05) is 27.2 Å². The molecule has 0 amide bonds. The number of anilines is 2. The number of nitrogens with two attached hydrogens (primary N) is 1. The van der Waals surface area contributed by atoms with E-state index < -0.39 is 0 Å². The summed E-state index contributed by atoms with van der Waals surface area (Å²) in [5.74, 6) is 1.30. The molecule has 1 rings (SSSR count). The summed E-state index contributed by atoms with van der Waals surface area (Å²) in [6.45, 7) is 10.2. The van der Waals surface area contributed by atoms with Crippen molar-refractivity contribution in [3.63, 3.8) is 0 Å². The third kappa shape index (κ3) is 4.25. The van der Waals surface area contributed by atoms with E-state index in [-0.39, 0.29) is 0 Å². The van der Waals surface area contributed by atoms with Gasteiger partial charge in [0.2, 0.25) is 5.88 Å². The maximum atomic E-state index is 6.20. The zero-order valence-electron chi connectivity index (χ0n) is 13.2. The summed E-state index contributed by atoms with van der Waals surface area (Å²) in [6.07, 6.45) is 5.80. The molecule has 1 heterocycles. The summed E-state index contributed by atoms with van der Waals surface area (Å²) in [4.78, 5) is 10.8. The molecule has 0 fully saturated rings. The van der Waals surface area contributed by atoms with Crippen molar-refractivity contribution >= 4 is 11.5 Å². The van der Waals surface area contributed by atoms with E-state index in [1.165, 1.54) is 6.33 Å². The smallest absolute Gasteiger partial charge is 0.242 e. The molecule has 0 aliphatic rings. The molecule has 1 atom stereocenters. The molecule has 1 aromatic rings. The lowest BCUT2D eigenvalue weighted by Crippen LogP contribution is -2.35. The Morgan fingerprint density at radius 2 is 2.00 bits per heavy atom. The molecule has 1 unspecified atom stereocenters. The maximum Gasteiger partial charge on any atom is 0.242 e. The standard InChI is InChI=1S/C15H28N4O/c1-5-8-9-19(12(4)7-3)14-13(16)15(18-11-17-14)20-10-6-2/h11-12H,5-10,16H2,1-4H3. The first kappa shape index (κ1) is 16.5. The third-order valence-corrected chi connectivity index (χ3v) is 3.42. The van der Waals surface area contributed by atoms with E-state index in [4.69, 9.17) is 10.5 Å². The van der Waals surface area contributed by atoms with Gasteiger partial charge in [-0.2, -0.15) is 4.98 Å². The maximum absolute atomic E-state index is 6.20. The Labute approximate surface area is 122 Å². The lowest BCUT2D eigenvalue weighted by molar-refractivity contribution is 0.306. The summed E-state index contributed by atoms with van der Waals surface area (Å²) in [6, 6.07) is 0.401. The number of hydrogen-bond donors (Lipinski definition) is 1. The highest BCUT2D eigenvalue weighted by atomic mass is 16.5. The zero-order chi connectivity index (χ0) is 15.0. The Morgan fingerprint density at radius 1 is 1.25 bits per heavy atom. The van der Waals surface area contributed by atoms with Crippen LogP contribution in [0.3, 0.4) is 0 Å². The largest absolute Gasteiger partial charge is 0.476 e. The molecular formula is C15H28N4O. The van der Waals surface area contributed by atoms with Crippen molar-refractivity contribution in [2.24, 2.45) is 0 Å². The van der Waals surface area contributed by atoms with Crippen LogP contribution in [0.4, 0.5) is 11.5 Å². The molecule has 0 aliphatic carbocycles. The van der Waals surface area contributed by atoms with Crippen LogP contribution in [0, 0.1) is 0 Å². The summed E-state index contributed by atoms with van der Waals surface area (Å²) < 4.78 is 5.59. The lowest BCUT2D eigenvalue weighted by Gasteiger charge is -2.30. The second-order valence-corrected chi connectivity index (χ2v) is 5.07. The predicted octanol–water partition coefficient (Wildman–Crippen LogP) is 3.25. The number of nitrogen functional groups attached to an aromatic ring is 1. The van der Waals surface area contributed by atoms with Gasteiger partial charge in [-0.25, -0.2) is 4.98 Å². The summed E-state index contributed by atoms with van der Waals surface area (Å²) in [5.41, 5.74) is 6.75. The van der Waals surface area contributed by atoms with Crippen LogP contribution in [0.1, 0.15) is 53.4 Å². The lowest BCUT2D eigenvalue weighted by atomic mass is 10.2.